The lowest BCUT2D eigenvalue weighted by atomic mass is 10.0. The van der Waals surface area contributed by atoms with E-state index in [2.05, 4.69) is 55.1 Å². The van der Waals surface area contributed by atoms with Crippen LogP contribution in [0.4, 0.5) is 0 Å². The fourth-order valence-electron chi connectivity index (χ4n) is 4.42. The van der Waals surface area contributed by atoms with E-state index in [1.165, 1.54) is 38.9 Å². The minimum absolute atomic E-state index is 0. The number of nitrogens with zero attached hydrogens (tertiary/aromatic N) is 3. The number of guanidine groups is 1. The third-order valence-corrected chi connectivity index (χ3v) is 5.98. The SMILES string of the molecule is CCNC(=NCCCN(C(C)C)C(C)C)NC1CCN(CC2CCOC2)CC1.I. The van der Waals surface area contributed by atoms with E-state index < -0.39 is 0 Å². The molecular formula is C22H46IN5O. The Balaban J connectivity index is 0.00000420. The van der Waals surface area contributed by atoms with E-state index in [-0.39, 0.29) is 24.0 Å². The molecule has 2 N–H and O–H groups in total. The lowest BCUT2D eigenvalue weighted by Gasteiger charge is -2.34. The fraction of sp³-hybridized carbons (Fsp3) is 0.955. The van der Waals surface area contributed by atoms with E-state index in [1.807, 2.05) is 0 Å². The smallest absolute Gasteiger partial charge is 0.191 e. The van der Waals surface area contributed by atoms with Crippen molar-refractivity contribution in [2.24, 2.45) is 10.9 Å². The molecule has 172 valence electrons. The van der Waals surface area contributed by atoms with Crippen molar-refractivity contribution < 1.29 is 4.74 Å². The van der Waals surface area contributed by atoms with Crippen molar-refractivity contribution in [3.8, 4) is 0 Å². The highest BCUT2D eigenvalue weighted by molar-refractivity contribution is 14.0. The van der Waals surface area contributed by atoms with Gasteiger partial charge in [-0.05, 0) is 66.2 Å². The van der Waals surface area contributed by atoms with Gasteiger partial charge in [0.15, 0.2) is 5.96 Å². The summed E-state index contributed by atoms with van der Waals surface area (Å²) in [6.45, 7) is 19.7. The largest absolute Gasteiger partial charge is 0.381 e. The molecule has 0 aromatic carbocycles. The summed E-state index contributed by atoms with van der Waals surface area (Å²) in [5.41, 5.74) is 0. The summed E-state index contributed by atoms with van der Waals surface area (Å²) < 4.78 is 5.52. The molecule has 29 heavy (non-hydrogen) atoms. The third kappa shape index (κ3) is 10.2. The van der Waals surface area contributed by atoms with Gasteiger partial charge in [-0.1, -0.05) is 0 Å². The van der Waals surface area contributed by atoms with Crippen molar-refractivity contribution in [1.82, 2.24) is 20.4 Å². The molecule has 1 atom stereocenters. The molecule has 2 aliphatic heterocycles. The van der Waals surface area contributed by atoms with Crippen LogP contribution < -0.4 is 10.6 Å². The van der Waals surface area contributed by atoms with E-state index in [0.29, 0.717) is 18.1 Å². The van der Waals surface area contributed by atoms with E-state index in [0.717, 1.165) is 51.1 Å². The molecule has 1 unspecified atom stereocenters. The molecule has 0 amide bonds. The van der Waals surface area contributed by atoms with Crippen LogP contribution >= 0.6 is 24.0 Å². The van der Waals surface area contributed by atoms with Gasteiger partial charge < -0.3 is 20.3 Å². The van der Waals surface area contributed by atoms with Crippen molar-refractivity contribution >= 4 is 29.9 Å². The van der Waals surface area contributed by atoms with Gasteiger partial charge in [-0.3, -0.25) is 9.89 Å². The maximum atomic E-state index is 5.52. The molecule has 0 spiro atoms. The Morgan fingerprint density at radius 2 is 1.83 bits per heavy atom. The number of hydrogen-bond donors (Lipinski definition) is 2. The summed E-state index contributed by atoms with van der Waals surface area (Å²) in [6.07, 6.45) is 4.74. The minimum atomic E-state index is 0. The highest BCUT2D eigenvalue weighted by Crippen LogP contribution is 2.17. The molecule has 2 heterocycles. The van der Waals surface area contributed by atoms with Gasteiger partial charge in [-0.15, -0.1) is 24.0 Å². The molecular weight excluding hydrogens is 477 g/mol. The van der Waals surface area contributed by atoms with E-state index in [9.17, 15) is 0 Å². The van der Waals surface area contributed by atoms with Gasteiger partial charge >= 0.3 is 0 Å². The summed E-state index contributed by atoms with van der Waals surface area (Å²) in [7, 11) is 0. The van der Waals surface area contributed by atoms with Crippen LogP contribution in [0.3, 0.4) is 0 Å². The lowest BCUT2D eigenvalue weighted by Crippen LogP contribution is -2.49. The maximum Gasteiger partial charge on any atom is 0.191 e. The number of rotatable bonds is 10. The average Bonchev–Trinajstić information content (AvgIpc) is 3.15. The quantitative estimate of drug-likeness (QED) is 0.200. The zero-order chi connectivity index (χ0) is 20.4. The van der Waals surface area contributed by atoms with Gasteiger partial charge in [0.25, 0.3) is 0 Å². The zero-order valence-electron chi connectivity index (χ0n) is 19.5. The lowest BCUT2D eigenvalue weighted by molar-refractivity contribution is 0.150. The monoisotopic (exact) mass is 523 g/mol. The second-order valence-electron chi connectivity index (χ2n) is 8.99. The van der Waals surface area contributed by atoms with Crippen LogP contribution in [0, 0.1) is 5.92 Å². The molecule has 0 radical (unpaired) electrons. The molecule has 0 aromatic heterocycles. The molecule has 0 aliphatic carbocycles. The number of aliphatic imine (C=N–C) groups is 1. The zero-order valence-corrected chi connectivity index (χ0v) is 21.8. The summed E-state index contributed by atoms with van der Waals surface area (Å²) >= 11 is 0. The van der Waals surface area contributed by atoms with E-state index >= 15 is 0 Å². The first-order valence-electron chi connectivity index (χ1n) is 11.6. The van der Waals surface area contributed by atoms with Crippen molar-refractivity contribution in [3.05, 3.63) is 0 Å². The van der Waals surface area contributed by atoms with Crippen LogP contribution in [-0.2, 0) is 4.74 Å². The Labute approximate surface area is 196 Å². The first-order chi connectivity index (χ1) is 13.5. The molecule has 2 fully saturated rings. The van der Waals surface area contributed by atoms with Crippen LogP contribution in [0.1, 0.15) is 60.3 Å². The Morgan fingerprint density at radius 1 is 1.14 bits per heavy atom. The summed E-state index contributed by atoms with van der Waals surface area (Å²) in [5, 5.41) is 7.11. The molecule has 6 nitrogen and oxygen atoms in total. The topological polar surface area (TPSA) is 52.1 Å². The first-order valence-corrected chi connectivity index (χ1v) is 11.6. The molecule has 0 saturated carbocycles. The number of likely N-dealkylation sites (tertiary alicyclic amines) is 1. The minimum Gasteiger partial charge on any atom is -0.381 e. The highest BCUT2D eigenvalue weighted by atomic mass is 127. The number of hydrogen-bond acceptors (Lipinski definition) is 4. The number of nitrogens with one attached hydrogen (secondary N) is 2. The van der Waals surface area contributed by atoms with Gasteiger partial charge in [0.05, 0.1) is 6.61 Å². The summed E-state index contributed by atoms with van der Waals surface area (Å²) in [4.78, 5) is 10.00. The summed E-state index contributed by atoms with van der Waals surface area (Å²) in [5.74, 6) is 1.74. The number of ether oxygens (including phenoxy) is 1. The standard InChI is InChI=1S/C22H45N5O.HI/c1-6-23-22(24-11-7-12-27(18(2)3)19(4)5)25-21-8-13-26(14-9-21)16-20-10-15-28-17-20;/h18-21H,6-17H2,1-5H3,(H2,23,24,25);1H. The van der Waals surface area contributed by atoms with Crippen LogP contribution in [0.15, 0.2) is 4.99 Å². The van der Waals surface area contributed by atoms with Crippen molar-refractivity contribution in [3.63, 3.8) is 0 Å². The third-order valence-electron chi connectivity index (χ3n) is 5.98. The molecule has 2 saturated heterocycles. The molecule has 2 rings (SSSR count). The van der Waals surface area contributed by atoms with Gasteiger partial charge in [0, 0.05) is 64.0 Å². The van der Waals surface area contributed by atoms with Gasteiger partial charge in [0.1, 0.15) is 0 Å². The normalized spacial score (nSPS) is 21.8. The summed E-state index contributed by atoms with van der Waals surface area (Å²) in [6, 6.07) is 1.73. The molecule has 2 aliphatic rings. The van der Waals surface area contributed by atoms with E-state index in [1.54, 1.807) is 0 Å². The predicted molar refractivity (Wildman–Crippen MR) is 135 cm³/mol. The van der Waals surface area contributed by atoms with Gasteiger partial charge in [-0.25, -0.2) is 0 Å². The molecule has 0 bridgehead atoms. The Hall–Kier alpha value is -0.120. The van der Waals surface area contributed by atoms with Crippen LogP contribution in [0.25, 0.3) is 0 Å². The molecule has 0 aromatic rings. The van der Waals surface area contributed by atoms with Crippen LogP contribution in [0.5, 0.6) is 0 Å². The van der Waals surface area contributed by atoms with Crippen LogP contribution in [-0.4, -0.2) is 86.4 Å². The first kappa shape index (κ1) is 26.9. The highest BCUT2D eigenvalue weighted by Gasteiger charge is 2.24. The van der Waals surface area contributed by atoms with Crippen molar-refractivity contribution in [2.45, 2.75) is 78.4 Å². The fourth-order valence-corrected chi connectivity index (χ4v) is 4.42. The maximum absolute atomic E-state index is 5.52. The average molecular weight is 524 g/mol. The Morgan fingerprint density at radius 3 is 2.38 bits per heavy atom. The Kier molecular flexibility index (Phi) is 13.7. The van der Waals surface area contributed by atoms with Crippen molar-refractivity contribution in [1.29, 1.82) is 0 Å². The number of piperidine rings is 1. The molecule has 7 heteroatoms. The predicted octanol–water partition coefficient (Wildman–Crippen LogP) is 3.17. The van der Waals surface area contributed by atoms with Crippen molar-refractivity contribution in [2.75, 3.05) is 52.5 Å². The van der Waals surface area contributed by atoms with Crippen LogP contribution in [0.2, 0.25) is 0 Å². The van der Waals surface area contributed by atoms with Gasteiger partial charge in [-0.2, -0.15) is 0 Å². The number of halogens is 1. The van der Waals surface area contributed by atoms with Gasteiger partial charge in [0.2, 0.25) is 0 Å². The van der Waals surface area contributed by atoms with E-state index in [4.69, 9.17) is 9.73 Å². The second-order valence-corrected chi connectivity index (χ2v) is 8.99. The second kappa shape index (κ2) is 14.8. The Bertz CT molecular complexity index is 438.